The fraction of sp³-hybridized carbons (Fsp3) is 0.611. The molecule has 2 aliphatic heterocycles. The van der Waals surface area contributed by atoms with Crippen molar-refractivity contribution >= 4 is 5.97 Å². The van der Waals surface area contributed by atoms with Crippen molar-refractivity contribution in [2.45, 2.75) is 65.4 Å². The Morgan fingerprint density at radius 1 is 1.23 bits per heavy atom. The van der Waals surface area contributed by atoms with Gasteiger partial charge in [-0.05, 0) is 33.8 Å². The van der Waals surface area contributed by atoms with Crippen molar-refractivity contribution in [1.29, 1.82) is 0 Å². The molecular weight excluding hydrogens is 347 g/mol. The van der Waals surface area contributed by atoms with Crippen LogP contribution >= 0.6 is 0 Å². The summed E-state index contributed by atoms with van der Waals surface area (Å²) < 4.78 is 47.5. The van der Waals surface area contributed by atoms with Gasteiger partial charge in [0.25, 0.3) is 5.75 Å². The molecule has 0 N–H and O–H groups in total. The Bertz CT molecular complexity index is 743. The smallest absolute Gasteiger partial charge is 0.350 e. The molecule has 3 rings (SSSR count). The van der Waals surface area contributed by atoms with Crippen LogP contribution in [0.25, 0.3) is 0 Å². The number of carbonyl (C=O) groups is 1. The Morgan fingerprint density at radius 2 is 1.92 bits per heavy atom. The summed E-state index contributed by atoms with van der Waals surface area (Å²) in [6.45, 7) is 10.4. The Morgan fingerprint density at radius 3 is 2.50 bits per heavy atom. The van der Waals surface area contributed by atoms with Gasteiger partial charge in [-0.15, -0.1) is 0 Å². The third-order valence-electron chi connectivity index (χ3n) is 3.71. The number of hydrogen-bond acceptors (Lipinski definition) is 7. The predicted octanol–water partition coefficient (Wildman–Crippen LogP) is 3.82. The number of halogens is 1. The van der Waals surface area contributed by atoms with E-state index in [1.165, 1.54) is 6.08 Å². The van der Waals surface area contributed by atoms with Crippen LogP contribution in [0.1, 0.15) is 53.4 Å². The first-order valence-electron chi connectivity index (χ1n) is 8.35. The average molecular weight is 370 g/mol. The summed E-state index contributed by atoms with van der Waals surface area (Å²) in [4.78, 5) is 12.1. The highest BCUT2D eigenvalue weighted by atomic mass is 19.1. The number of hydrogen-bond donors (Lipinski definition) is 0. The van der Waals surface area contributed by atoms with Crippen molar-refractivity contribution in [3.8, 4) is 17.4 Å². The molecule has 1 fully saturated rings. The summed E-state index contributed by atoms with van der Waals surface area (Å²) in [5.74, 6) is -2.62. The van der Waals surface area contributed by atoms with Gasteiger partial charge in [-0.1, -0.05) is 5.57 Å². The second-order valence-corrected chi connectivity index (χ2v) is 7.40. The van der Waals surface area contributed by atoms with Gasteiger partial charge >= 0.3 is 11.9 Å². The summed E-state index contributed by atoms with van der Waals surface area (Å²) in [6, 6.07) is 0. The second kappa shape index (κ2) is 6.28. The molecule has 7 nitrogen and oxygen atoms in total. The van der Waals surface area contributed by atoms with Gasteiger partial charge in [0.2, 0.25) is 17.7 Å². The molecule has 0 radical (unpaired) electrons. The standard InChI is InChI=1S/C18H23FO7/c1-9(2)7-10(19)15(20)22-13-12(11-8-21-17(3,4)24-11)23-16-14(13)25-18(5,6)26-16/h7,10-11H,8H2,1-6H3. The predicted molar refractivity (Wildman–Crippen MR) is 87.9 cm³/mol. The molecule has 144 valence electrons. The largest absolute Gasteiger partial charge is 0.441 e. The quantitative estimate of drug-likeness (QED) is 0.589. The van der Waals surface area contributed by atoms with Crippen LogP contribution in [-0.4, -0.2) is 30.3 Å². The van der Waals surface area contributed by atoms with Gasteiger partial charge in [0.15, 0.2) is 11.5 Å². The van der Waals surface area contributed by atoms with E-state index < -0.39 is 29.8 Å². The van der Waals surface area contributed by atoms with Gasteiger partial charge in [-0.2, -0.15) is 0 Å². The molecule has 1 aromatic heterocycles. The zero-order valence-corrected chi connectivity index (χ0v) is 15.7. The molecule has 2 aliphatic rings. The molecule has 3 heterocycles. The number of ether oxygens (including phenoxy) is 5. The number of carbonyl (C=O) groups excluding carboxylic acids is 1. The van der Waals surface area contributed by atoms with E-state index in [1.54, 1.807) is 41.5 Å². The van der Waals surface area contributed by atoms with Crippen molar-refractivity contribution in [2.75, 3.05) is 6.61 Å². The lowest BCUT2D eigenvalue weighted by Crippen LogP contribution is -2.30. The van der Waals surface area contributed by atoms with E-state index in [4.69, 9.17) is 28.1 Å². The Kier molecular flexibility index (Phi) is 4.52. The SMILES string of the molecule is CC(C)=CC(F)C(=O)Oc1c(C2COC(C)(C)O2)oc2c1OC(C)(C)O2. The first-order chi connectivity index (χ1) is 12.0. The molecule has 0 spiro atoms. The third kappa shape index (κ3) is 3.71. The van der Waals surface area contributed by atoms with E-state index >= 15 is 0 Å². The van der Waals surface area contributed by atoms with E-state index in [0.717, 1.165) is 0 Å². The summed E-state index contributed by atoms with van der Waals surface area (Å²) >= 11 is 0. The third-order valence-corrected chi connectivity index (χ3v) is 3.71. The van der Waals surface area contributed by atoms with Crippen molar-refractivity contribution < 1.29 is 37.3 Å². The molecular formula is C18H23FO7. The minimum absolute atomic E-state index is 0.0494. The molecule has 0 amide bonds. The van der Waals surface area contributed by atoms with Gasteiger partial charge in [0, 0.05) is 13.8 Å². The van der Waals surface area contributed by atoms with Crippen LogP contribution in [0.5, 0.6) is 17.4 Å². The first kappa shape index (κ1) is 18.7. The van der Waals surface area contributed by atoms with Crippen LogP contribution in [0.4, 0.5) is 4.39 Å². The molecule has 1 aromatic rings. The van der Waals surface area contributed by atoms with E-state index in [2.05, 4.69) is 0 Å². The Hall–Kier alpha value is -2.06. The summed E-state index contributed by atoms with van der Waals surface area (Å²) in [6.07, 6.45) is -1.39. The van der Waals surface area contributed by atoms with Gasteiger partial charge in [-0.25, -0.2) is 9.18 Å². The monoisotopic (exact) mass is 370 g/mol. The lowest BCUT2D eigenvalue weighted by Gasteiger charge is -2.19. The fourth-order valence-corrected chi connectivity index (χ4v) is 2.68. The van der Waals surface area contributed by atoms with E-state index in [-0.39, 0.29) is 29.8 Å². The minimum atomic E-state index is -1.91. The van der Waals surface area contributed by atoms with Crippen LogP contribution in [0.15, 0.2) is 16.1 Å². The maximum Gasteiger partial charge on any atom is 0.350 e. The molecule has 0 bridgehead atoms. The van der Waals surface area contributed by atoms with Gasteiger partial charge in [0.1, 0.15) is 6.10 Å². The van der Waals surface area contributed by atoms with Crippen molar-refractivity contribution in [2.24, 2.45) is 0 Å². The number of alkyl halides is 1. The van der Waals surface area contributed by atoms with Gasteiger partial charge in [-0.3, -0.25) is 0 Å². The van der Waals surface area contributed by atoms with Crippen LogP contribution in [0.3, 0.4) is 0 Å². The van der Waals surface area contributed by atoms with E-state index in [1.807, 2.05) is 0 Å². The molecule has 2 unspecified atom stereocenters. The van der Waals surface area contributed by atoms with Crippen LogP contribution in [0.2, 0.25) is 0 Å². The molecule has 0 aliphatic carbocycles. The van der Waals surface area contributed by atoms with Crippen LogP contribution in [-0.2, 0) is 14.3 Å². The fourth-order valence-electron chi connectivity index (χ4n) is 2.68. The van der Waals surface area contributed by atoms with Crippen molar-refractivity contribution in [3.05, 3.63) is 17.4 Å². The molecule has 0 saturated carbocycles. The molecule has 0 aromatic carbocycles. The van der Waals surface area contributed by atoms with Crippen LogP contribution in [0, 0.1) is 0 Å². The average Bonchev–Trinajstić information content (AvgIpc) is 3.09. The number of fused-ring (bicyclic) bond motifs is 1. The summed E-state index contributed by atoms with van der Waals surface area (Å²) in [5, 5.41) is 0. The molecule has 26 heavy (non-hydrogen) atoms. The Labute approximate surface area is 151 Å². The van der Waals surface area contributed by atoms with E-state index in [0.29, 0.717) is 5.57 Å². The maximum absolute atomic E-state index is 14.1. The zero-order valence-electron chi connectivity index (χ0n) is 15.7. The highest BCUT2D eigenvalue weighted by molar-refractivity contribution is 5.80. The van der Waals surface area contributed by atoms with Gasteiger partial charge < -0.3 is 28.1 Å². The van der Waals surface area contributed by atoms with Gasteiger partial charge in [0.05, 0.1) is 6.61 Å². The van der Waals surface area contributed by atoms with Crippen molar-refractivity contribution in [1.82, 2.24) is 0 Å². The first-order valence-corrected chi connectivity index (χ1v) is 8.35. The topological polar surface area (TPSA) is 76.4 Å². The number of furan rings is 1. The number of allylic oxidation sites excluding steroid dienone is 1. The highest BCUT2D eigenvalue weighted by Crippen LogP contribution is 2.54. The minimum Gasteiger partial charge on any atom is -0.441 e. The molecule has 2 atom stereocenters. The van der Waals surface area contributed by atoms with E-state index in [9.17, 15) is 9.18 Å². The molecule has 8 heteroatoms. The molecule has 1 saturated heterocycles. The normalized spacial score (nSPS) is 23.6. The van der Waals surface area contributed by atoms with Crippen LogP contribution < -0.4 is 14.2 Å². The highest BCUT2D eigenvalue weighted by Gasteiger charge is 2.45. The second-order valence-electron chi connectivity index (χ2n) is 7.40. The number of rotatable bonds is 4. The number of esters is 1. The maximum atomic E-state index is 14.1. The van der Waals surface area contributed by atoms with Crippen molar-refractivity contribution in [3.63, 3.8) is 0 Å². The Balaban J connectivity index is 1.92. The summed E-state index contributed by atoms with van der Waals surface area (Å²) in [5.41, 5.74) is 0.655. The lowest BCUT2D eigenvalue weighted by atomic mass is 10.2. The summed E-state index contributed by atoms with van der Waals surface area (Å²) in [7, 11) is 0. The zero-order chi connectivity index (χ0) is 19.3. The lowest BCUT2D eigenvalue weighted by molar-refractivity contribution is -0.143.